The molecule has 3 heterocycles. The molecule has 0 radical (unpaired) electrons. The number of hydrogen-bond acceptors (Lipinski definition) is 23. The molecule has 18 atom stereocenters. The van der Waals surface area contributed by atoms with Gasteiger partial charge in [0.15, 0.2) is 12.6 Å². The molecule has 476 valence electrons. The highest BCUT2D eigenvalue weighted by Gasteiger charge is 2.49. The Hall–Kier alpha value is -6.80. The Balaban J connectivity index is 2.14. The van der Waals surface area contributed by atoms with Gasteiger partial charge in [-0.25, -0.2) is 0 Å². The van der Waals surface area contributed by atoms with Gasteiger partial charge >= 0.3 is 5.97 Å². The van der Waals surface area contributed by atoms with Crippen molar-refractivity contribution in [3.63, 3.8) is 0 Å². The number of hydrogen-bond donors (Lipinski definition) is 18. The molecule has 11 amide bonds. The van der Waals surface area contributed by atoms with E-state index in [2.05, 4.69) is 47.9 Å². The number of amides is 11. The van der Waals surface area contributed by atoms with Gasteiger partial charge in [-0.15, -0.1) is 0 Å². The maximum atomic E-state index is 15.0. The van der Waals surface area contributed by atoms with Crippen molar-refractivity contribution in [2.24, 2.45) is 11.7 Å². The number of aliphatic hydroxyl groups is 7. The molecule has 35 nitrogen and oxygen atoms in total. The van der Waals surface area contributed by atoms with E-state index in [9.17, 15) is 98.4 Å². The number of carbonyl (C=O) groups excluding carboxylic acids is 11. The van der Waals surface area contributed by atoms with E-state index in [4.69, 9.17) is 24.7 Å². The first kappa shape index (κ1) is 71.5. The maximum Gasteiger partial charge on any atom is 0.303 e. The lowest BCUT2D eigenvalue weighted by Gasteiger charge is -2.44. The van der Waals surface area contributed by atoms with Gasteiger partial charge in [0.05, 0.1) is 45.1 Å². The number of aliphatic hydroxyl groups excluding tert-OH is 7. The lowest BCUT2D eigenvalue weighted by atomic mass is 9.96. The summed E-state index contributed by atoms with van der Waals surface area (Å²) in [7, 11) is 0. The van der Waals surface area contributed by atoms with Crippen molar-refractivity contribution in [1.29, 1.82) is 0 Å². The van der Waals surface area contributed by atoms with E-state index in [1.54, 1.807) is 13.8 Å². The van der Waals surface area contributed by atoms with Gasteiger partial charge in [0.2, 0.25) is 65.0 Å². The fourth-order valence-corrected chi connectivity index (χ4v) is 9.27. The van der Waals surface area contributed by atoms with E-state index in [0.29, 0.717) is 6.42 Å². The summed E-state index contributed by atoms with van der Waals surface area (Å²) in [6.07, 6.45) is -18.5. The summed E-state index contributed by atoms with van der Waals surface area (Å²) < 4.78 is 23.4. The monoisotopic (exact) mass is 1210 g/mol. The van der Waals surface area contributed by atoms with E-state index in [-0.39, 0.29) is 25.3 Å². The molecule has 19 N–H and O–H groups in total. The normalized spacial score (nSPS) is 26.5. The SMILES string of the molecule is CC(=O)N[C@H]1[C@@H](O[C@H](C)[C@H](NC(=O)[C@H](CO)NC(=O)[C@H](CC(C)C)NC(=O)[C@H](CCC(=O)O)NC(C)=O)C(=O)N[C@H](C(=O)NCC(=O)N2CCC[C@H]2C(=O)NCC(N)=O)[C@@H](C)O[C@H]2O[C@H](CO)[C@H](O)[C@H](O)[C@H]2NC(C)=O)O[C@H](CO)[C@H](O)[C@@H]1O. The third-order valence-electron chi connectivity index (χ3n) is 13.5. The quantitative estimate of drug-likeness (QED) is 0.0306. The van der Waals surface area contributed by atoms with Crippen LogP contribution in [-0.2, 0) is 76.5 Å². The minimum absolute atomic E-state index is 0.0184. The molecule has 3 aliphatic rings. The van der Waals surface area contributed by atoms with Gasteiger partial charge in [-0.1, -0.05) is 13.8 Å². The number of carboxylic acid groups (broad SMARTS) is 1. The molecule has 0 aromatic carbocycles. The summed E-state index contributed by atoms with van der Waals surface area (Å²) >= 11 is 0. The molecule has 35 heteroatoms. The number of carboxylic acids is 1. The van der Waals surface area contributed by atoms with Gasteiger partial charge in [-0.2, -0.15) is 0 Å². The van der Waals surface area contributed by atoms with Crippen molar-refractivity contribution >= 4 is 70.9 Å². The Morgan fingerprint density at radius 1 is 0.595 bits per heavy atom. The summed E-state index contributed by atoms with van der Waals surface area (Å²) in [5.74, 6) is -12.6. The van der Waals surface area contributed by atoms with E-state index in [0.717, 1.165) is 39.5 Å². The third kappa shape index (κ3) is 21.1. The van der Waals surface area contributed by atoms with Crippen LogP contribution in [0.1, 0.15) is 80.6 Å². The van der Waals surface area contributed by atoms with Crippen LogP contribution >= 0.6 is 0 Å². The zero-order valence-corrected chi connectivity index (χ0v) is 47.4. The highest BCUT2D eigenvalue weighted by Crippen LogP contribution is 2.26. The molecule has 3 fully saturated rings. The smallest absolute Gasteiger partial charge is 0.303 e. The summed E-state index contributed by atoms with van der Waals surface area (Å²) in [4.78, 5) is 158. The van der Waals surface area contributed by atoms with Crippen LogP contribution < -0.4 is 53.6 Å². The van der Waals surface area contributed by atoms with Gasteiger partial charge < -0.3 is 118 Å². The minimum Gasteiger partial charge on any atom is -0.481 e. The number of nitrogens with zero attached hydrogens (tertiary/aromatic N) is 1. The predicted octanol–water partition coefficient (Wildman–Crippen LogP) is -10.3. The molecule has 0 unspecified atom stereocenters. The first-order valence-electron chi connectivity index (χ1n) is 26.9. The first-order valence-corrected chi connectivity index (χ1v) is 26.9. The van der Waals surface area contributed by atoms with Crippen molar-refractivity contribution in [2.75, 3.05) is 39.5 Å². The molecule has 3 rings (SSSR count). The van der Waals surface area contributed by atoms with Gasteiger partial charge in [-0.3, -0.25) is 57.5 Å². The number of likely N-dealkylation sites (tertiary alicyclic amines) is 1. The lowest BCUT2D eigenvalue weighted by Crippen LogP contribution is -2.67. The highest BCUT2D eigenvalue weighted by molar-refractivity contribution is 5.98. The van der Waals surface area contributed by atoms with Crippen LogP contribution in [0.15, 0.2) is 0 Å². The number of aliphatic carboxylic acids is 1. The number of rotatable bonds is 31. The number of primary amides is 1. The Bertz CT molecular complexity index is 2340. The van der Waals surface area contributed by atoms with Crippen molar-refractivity contribution in [2.45, 2.75) is 190 Å². The summed E-state index contributed by atoms with van der Waals surface area (Å²) in [6.45, 7) is 4.18. The zero-order chi connectivity index (χ0) is 63.4. The molecule has 0 aromatic heterocycles. The second-order valence-corrected chi connectivity index (χ2v) is 20.8. The fourth-order valence-electron chi connectivity index (χ4n) is 9.27. The van der Waals surface area contributed by atoms with Gasteiger partial charge in [0.25, 0.3) is 0 Å². The summed E-state index contributed by atoms with van der Waals surface area (Å²) in [6, 6.07) is -13.6. The minimum atomic E-state index is -2.18. The number of ether oxygens (including phenoxy) is 4. The van der Waals surface area contributed by atoms with E-state index in [1.165, 1.54) is 0 Å². The molecule has 0 saturated carbocycles. The van der Waals surface area contributed by atoms with Gasteiger partial charge in [0, 0.05) is 33.7 Å². The van der Waals surface area contributed by atoms with Crippen LogP contribution in [0.25, 0.3) is 0 Å². The summed E-state index contributed by atoms with van der Waals surface area (Å²) in [5.41, 5.74) is 5.15. The fraction of sp³-hybridized carbons (Fsp3) is 0.755. The number of nitrogens with two attached hydrogens (primary N) is 1. The van der Waals surface area contributed by atoms with Crippen molar-refractivity contribution in [3.8, 4) is 0 Å². The maximum absolute atomic E-state index is 15.0. The van der Waals surface area contributed by atoms with E-state index in [1.807, 2.05) is 0 Å². The van der Waals surface area contributed by atoms with Crippen molar-refractivity contribution < 1.29 is 117 Å². The molecule has 0 bridgehead atoms. The van der Waals surface area contributed by atoms with E-state index < -0.39 is 226 Å². The molecule has 84 heavy (non-hydrogen) atoms. The Morgan fingerprint density at radius 3 is 1.52 bits per heavy atom. The van der Waals surface area contributed by atoms with Crippen LogP contribution in [0.3, 0.4) is 0 Å². The standard InChI is InChI=1S/C49H81N11O24/c1-19(2)13-26(56-42(75)25(53-22(5)64)10-11-33(69)70)43(76)57-27(16-61)44(77)58-35(21(4)82-49-37(55-24(7)66)41(74)39(72)30(18-63)84-49)47(80)59-34(20(3)81-48-36(54-23(6)65)40(73)38(71)29(17-62)83-48)46(79)52-15-32(68)60-12-8-9-28(60)45(78)51-14-31(50)67/h19-21,25-30,34-41,48-49,61-63,71-74H,8-18H2,1-7H3,(H2,50,67)(H,51,78)(H,52,79)(H,53,64)(H,54,65)(H,55,66)(H,56,75)(H,57,76)(H,58,77)(H,59,80)(H,69,70)/t20-,21-,25+,26+,27+,28+,29-,30-,34+,35+,36-,37-,38+,39+,40-,41-,48+,49+/m1/s1. The van der Waals surface area contributed by atoms with Gasteiger partial charge in [-0.05, 0) is 45.4 Å². The van der Waals surface area contributed by atoms with Crippen LogP contribution in [0, 0.1) is 5.92 Å². The van der Waals surface area contributed by atoms with Crippen LogP contribution in [0.5, 0.6) is 0 Å². The molecular weight excluding hydrogens is 1130 g/mol. The Labute approximate surface area is 481 Å². The topological polar surface area (TPSA) is 541 Å². The zero-order valence-electron chi connectivity index (χ0n) is 47.4. The second kappa shape index (κ2) is 33.6. The first-order chi connectivity index (χ1) is 39.3. The average molecular weight is 1210 g/mol. The van der Waals surface area contributed by atoms with Crippen LogP contribution in [0.4, 0.5) is 0 Å². The molecule has 3 saturated heterocycles. The molecule has 3 aliphatic heterocycles. The Morgan fingerprint density at radius 2 is 1.07 bits per heavy atom. The third-order valence-corrected chi connectivity index (χ3v) is 13.5. The predicted molar refractivity (Wildman–Crippen MR) is 281 cm³/mol. The van der Waals surface area contributed by atoms with Crippen LogP contribution in [0.2, 0.25) is 0 Å². The van der Waals surface area contributed by atoms with Crippen molar-refractivity contribution in [1.82, 2.24) is 52.8 Å². The van der Waals surface area contributed by atoms with E-state index >= 15 is 0 Å². The lowest BCUT2D eigenvalue weighted by molar-refractivity contribution is -0.282. The van der Waals surface area contributed by atoms with Crippen molar-refractivity contribution in [3.05, 3.63) is 0 Å². The van der Waals surface area contributed by atoms with Crippen LogP contribution in [-0.4, -0.2) is 266 Å². The summed E-state index contributed by atoms with van der Waals surface area (Å²) in [5, 5.41) is 104. The molecule has 0 spiro atoms. The molecule has 0 aromatic rings. The Kier molecular flexibility index (Phi) is 28.6. The molecular formula is C49H81N11O24. The highest BCUT2D eigenvalue weighted by atomic mass is 16.7. The largest absolute Gasteiger partial charge is 0.481 e. The number of carbonyl (C=O) groups is 12. The number of nitrogens with one attached hydrogen (secondary N) is 9. The second-order valence-electron chi connectivity index (χ2n) is 20.8. The molecule has 0 aliphatic carbocycles. The average Bonchev–Trinajstić information content (AvgIpc) is 2.22. The van der Waals surface area contributed by atoms with Gasteiger partial charge in [0.1, 0.15) is 85.0 Å².